The number of benzene rings is 1. The van der Waals surface area contributed by atoms with E-state index in [1.807, 2.05) is 24.3 Å². The summed E-state index contributed by atoms with van der Waals surface area (Å²) in [5.41, 5.74) is 0. The molecule has 0 spiro atoms. The molecule has 2 aliphatic rings. The fourth-order valence-electron chi connectivity index (χ4n) is 2.29. The van der Waals surface area contributed by atoms with Gasteiger partial charge in [-0.1, -0.05) is 31.4 Å². The highest BCUT2D eigenvalue weighted by atomic mass is 16.6. The number of ketones is 1. The second-order valence-electron chi connectivity index (χ2n) is 4.83. The lowest BCUT2D eigenvalue weighted by atomic mass is 9.81. The molecule has 90 valence electrons. The SMILES string of the molecule is O=C(CC1CCC1)C1COc2ccccc2O1. The van der Waals surface area contributed by atoms with Gasteiger partial charge in [0.05, 0.1) is 0 Å². The van der Waals surface area contributed by atoms with Gasteiger partial charge in [-0.3, -0.25) is 4.79 Å². The van der Waals surface area contributed by atoms with Gasteiger partial charge in [0.2, 0.25) is 0 Å². The van der Waals surface area contributed by atoms with Crippen molar-refractivity contribution >= 4 is 5.78 Å². The van der Waals surface area contributed by atoms with Crippen LogP contribution in [0.25, 0.3) is 0 Å². The molecule has 1 heterocycles. The van der Waals surface area contributed by atoms with Gasteiger partial charge in [0.25, 0.3) is 0 Å². The fraction of sp³-hybridized carbons (Fsp3) is 0.500. The molecular formula is C14H16O3. The zero-order chi connectivity index (χ0) is 11.7. The first-order valence-electron chi connectivity index (χ1n) is 6.24. The lowest BCUT2D eigenvalue weighted by Gasteiger charge is -2.29. The summed E-state index contributed by atoms with van der Waals surface area (Å²) in [6, 6.07) is 7.50. The van der Waals surface area contributed by atoms with Gasteiger partial charge in [-0.2, -0.15) is 0 Å². The number of hydrogen-bond acceptors (Lipinski definition) is 3. The quantitative estimate of drug-likeness (QED) is 0.803. The predicted molar refractivity (Wildman–Crippen MR) is 63.3 cm³/mol. The minimum Gasteiger partial charge on any atom is -0.485 e. The van der Waals surface area contributed by atoms with Crippen LogP contribution < -0.4 is 9.47 Å². The van der Waals surface area contributed by atoms with E-state index in [1.54, 1.807) is 0 Å². The van der Waals surface area contributed by atoms with Crippen LogP contribution in [0, 0.1) is 5.92 Å². The van der Waals surface area contributed by atoms with Crippen LogP contribution in [0.2, 0.25) is 0 Å². The van der Waals surface area contributed by atoms with Crippen molar-refractivity contribution in [2.24, 2.45) is 5.92 Å². The summed E-state index contributed by atoms with van der Waals surface area (Å²) < 4.78 is 11.2. The van der Waals surface area contributed by atoms with Crippen LogP contribution in [0.5, 0.6) is 11.5 Å². The number of hydrogen-bond donors (Lipinski definition) is 0. The van der Waals surface area contributed by atoms with E-state index >= 15 is 0 Å². The maximum absolute atomic E-state index is 12.0. The summed E-state index contributed by atoms with van der Waals surface area (Å²) in [5.74, 6) is 2.19. The summed E-state index contributed by atoms with van der Waals surface area (Å²) >= 11 is 0. The Bertz CT molecular complexity index is 423. The smallest absolute Gasteiger partial charge is 0.190 e. The summed E-state index contributed by atoms with van der Waals surface area (Å²) in [7, 11) is 0. The van der Waals surface area contributed by atoms with Crippen LogP contribution in [0.3, 0.4) is 0 Å². The fourth-order valence-corrected chi connectivity index (χ4v) is 2.29. The molecule has 1 aromatic rings. The number of fused-ring (bicyclic) bond motifs is 1. The van der Waals surface area contributed by atoms with E-state index in [0.29, 0.717) is 24.7 Å². The van der Waals surface area contributed by atoms with Crippen molar-refractivity contribution < 1.29 is 14.3 Å². The first-order valence-corrected chi connectivity index (χ1v) is 6.24. The number of para-hydroxylation sites is 2. The summed E-state index contributed by atoms with van der Waals surface area (Å²) in [6.07, 6.45) is 3.88. The largest absolute Gasteiger partial charge is 0.485 e. The van der Waals surface area contributed by atoms with E-state index in [0.717, 1.165) is 5.75 Å². The van der Waals surface area contributed by atoms with Gasteiger partial charge in [-0.05, 0) is 18.1 Å². The summed E-state index contributed by atoms with van der Waals surface area (Å²) in [4.78, 5) is 12.0. The second kappa shape index (κ2) is 4.40. The average Bonchev–Trinajstić information content (AvgIpc) is 2.33. The van der Waals surface area contributed by atoms with Crippen LogP contribution in [0.15, 0.2) is 24.3 Å². The highest BCUT2D eigenvalue weighted by Crippen LogP contribution is 2.33. The van der Waals surface area contributed by atoms with E-state index in [9.17, 15) is 4.79 Å². The van der Waals surface area contributed by atoms with E-state index in [2.05, 4.69) is 0 Å². The minimum atomic E-state index is -0.412. The molecule has 1 unspecified atom stereocenters. The van der Waals surface area contributed by atoms with Crippen LogP contribution >= 0.6 is 0 Å². The Morgan fingerprint density at radius 3 is 2.71 bits per heavy atom. The Morgan fingerprint density at radius 2 is 2.00 bits per heavy atom. The normalized spacial score (nSPS) is 22.9. The van der Waals surface area contributed by atoms with Gasteiger partial charge in [-0.15, -0.1) is 0 Å². The van der Waals surface area contributed by atoms with E-state index in [-0.39, 0.29) is 5.78 Å². The highest BCUT2D eigenvalue weighted by molar-refractivity contribution is 5.84. The minimum absolute atomic E-state index is 0.184. The van der Waals surface area contributed by atoms with Crippen LogP contribution in [-0.2, 0) is 4.79 Å². The Labute approximate surface area is 101 Å². The van der Waals surface area contributed by atoms with Gasteiger partial charge in [0, 0.05) is 6.42 Å². The van der Waals surface area contributed by atoms with Crippen LogP contribution in [0.1, 0.15) is 25.7 Å². The Hall–Kier alpha value is -1.51. The third-order valence-electron chi connectivity index (χ3n) is 3.58. The Kier molecular flexibility index (Phi) is 2.75. The lowest BCUT2D eigenvalue weighted by Crippen LogP contribution is -2.38. The van der Waals surface area contributed by atoms with E-state index in [1.165, 1.54) is 19.3 Å². The third kappa shape index (κ3) is 2.14. The molecule has 1 aromatic carbocycles. The van der Waals surface area contributed by atoms with Crippen molar-refractivity contribution in [2.75, 3.05) is 6.61 Å². The molecule has 3 rings (SSSR count). The van der Waals surface area contributed by atoms with E-state index in [4.69, 9.17) is 9.47 Å². The van der Waals surface area contributed by atoms with Gasteiger partial charge < -0.3 is 9.47 Å². The molecule has 1 fully saturated rings. The zero-order valence-corrected chi connectivity index (χ0v) is 9.72. The number of carbonyl (C=O) groups is 1. The molecule has 1 aliphatic heterocycles. The summed E-state index contributed by atoms with van der Waals surface area (Å²) in [5, 5.41) is 0. The molecular weight excluding hydrogens is 216 g/mol. The molecule has 3 nitrogen and oxygen atoms in total. The third-order valence-corrected chi connectivity index (χ3v) is 3.58. The molecule has 0 aromatic heterocycles. The molecule has 0 amide bonds. The molecule has 3 heteroatoms. The molecule has 0 saturated heterocycles. The second-order valence-corrected chi connectivity index (χ2v) is 4.83. The van der Waals surface area contributed by atoms with Gasteiger partial charge in [0.15, 0.2) is 23.4 Å². The molecule has 0 bridgehead atoms. The molecule has 17 heavy (non-hydrogen) atoms. The molecule has 1 atom stereocenters. The Balaban J connectivity index is 1.64. The van der Waals surface area contributed by atoms with Crippen molar-refractivity contribution in [3.05, 3.63) is 24.3 Å². The van der Waals surface area contributed by atoms with Crippen molar-refractivity contribution in [3.8, 4) is 11.5 Å². The van der Waals surface area contributed by atoms with Crippen LogP contribution in [-0.4, -0.2) is 18.5 Å². The van der Waals surface area contributed by atoms with Gasteiger partial charge in [-0.25, -0.2) is 0 Å². The van der Waals surface area contributed by atoms with E-state index < -0.39 is 6.10 Å². The van der Waals surface area contributed by atoms with Crippen LogP contribution in [0.4, 0.5) is 0 Å². The van der Waals surface area contributed by atoms with Crippen molar-refractivity contribution in [3.63, 3.8) is 0 Å². The average molecular weight is 232 g/mol. The first kappa shape index (κ1) is 10.6. The van der Waals surface area contributed by atoms with Crippen molar-refractivity contribution in [2.45, 2.75) is 31.8 Å². The number of ether oxygens (including phenoxy) is 2. The van der Waals surface area contributed by atoms with Gasteiger partial charge in [0.1, 0.15) is 6.61 Å². The van der Waals surface area contributed by atoms with Crippen molar-refractivity contribution in [1.82, 2.24) is 0 Å². The molecule has 0 N–H and O–H groups in total. The Morgan fingerprint density at radius 1 is 1.24 bits per heavy atom. The predicted octanol–water partition coefficient (Wildman–Crippen LogP) is 2.59. The maximum atomic E-state index is 12.0. The first-order chi connectivity index (χ1) is 8.33. The summed E-state index contributed by atoms with van der Waals surface area (Å²) in [6.45, 7) is 0.350. The maximum Gasteiger partial charge on any atom is 0.190 e. The highest BCUT2D eigenvalue weighted by Gasteiger charge is 2.30. The monoisotopic (exact) mass is 232 g/mol. The lowest BCUT2D eigenvalue weighted by molar-refractivity contribution is -0.129. The van der Waals surface area contributed by atoms with Gasteiger partial charge >= 0.3 is 0 Å². The standard InChI is InChI=1S/C14H16O3/c15-11(8-10-4-3-5-10)14-9-16-12-6-1-2-7-13(12)17-14/h1-2,6-7,10,14H,3-5,8-9H2. The molecule has 1 aliphatic carbocycles. The zero-order valence-electron chi connectivity index (χ0n) is 9.72. The number of Topliss-reactive ketones (excluding diaryl/α,β-unsaturated/α-hetero) is 1. The molecule has 0 radical (unpaired) electrons. The number of rotatable bonds is 3. The topological polar surface area (TPSA) is 35.5 Å². The number of carbonyl (C=O) groups excluding carboxylic acids is 1. The molecule has 1 saturated carbocycles. The van der Waals surface area contributed by atoms with Crippen molar-refractivity contribution in [1.29, 1.82) is 0 Å².